The van der Waals surface area contributed by atoms with Crippen molar-refractivity contribution >= 4 is 33.3 Å². The van der Waals surface area contributed by atoms with Crippen molar-refractivity contribution in [1.29, 1.82) is 0 Å². The normalized spacial score (nSPS) is 17.5. The number of aromatic nitrogens is 2. The van der Waals surface area contributed by atoms with Crippen LogP contribution in [-0.4, -0.2) is 33.6 Å². The van der Waals surface area contributed by atoms with Gasteiger partial charge in [0.05, 0.1) is 24.3 Å². The van der Waals surface area contributed by atoms with Crippen molar-refractivity contribution in [1.82, 2.24) is 9.55 Å². The van der Waals surface area contributed by atoms with Gasteiger partial charge in [0.1, 0.15) is 10.6 Å². The SMILES string of the molecule is COc1ccc(-n2c(SC[C@H](C)O)nc3sc4c(c3c2=O)CC[C@H](C)C4)cc1. The van der Waals surface area contributed by atoms with Crippen LogP contribution in [0.1, 0.15) is 30.7 Å². The van der Waals surface area contributed by atoms with Crippen molar-refractivity contribution < 1.29 is 9.84 Å². The number of hydrogen-bond acceptors (Lipinski definition) is 6. The summed E-state index contributed by atoms with van der Waals surface area (Å²) in [5.41, 5.74) is 1.93. The van der Waals surface area contributed by atoms with E-state index in [1.807, 2.05) is 24.3 Å². The lowest BCUT2D eigenvalue weighted by atomic mass is 9.89. The molecule has 5 nitrogen and oxygen atoms in total. The standard InChI is InChI=1S/C21H24N2O3S2/c1-12-4-9-16-17(10-12)28-19-18(16)20(25)23(21(22-19)27-11-13(2)24)14-5-7-15(26-3)8-6-14/h5-8,12-13,24H,4,9-11H2,1-3H3/t12-,13-/m0/s1. The lowest BCUT2D eigenvalue weighted by Crippen LogP contribution is -2.23. The smallest absolute Gasteiger partial charge is 0.267 e. The molecule has 1 aromatic carbocycles. The maximum absolute atomic E-state index is 13.6. The third-order valence-electron chi connectivity index (χ3n) is 5.08. The number of hydrogen-bond donors (Lipinski definition) is 1. The van der Waals surface area contributed by atoms with Gasteiger partial charge in [-0.25, -0.2) is 4.98 Å². The topological polar surface area (TPSA) is 64.3 Å². The fraction of sp³-hybridized carbons (Fsp3) is 0.429. The molecule has 0 bridgehead atoms. The molecule has 3 aromatic rings. The zero-order chi connectivity index (χ0) is 19.8. The quantitative estimate of drug-likeness (QED) is 0.502. The molecule has 148 valence electrons. The van der Waals surface area contributed by atoms with E-state index in [9.17, 15) is 9.90 Å². The largest absolute Gasteiger partial charge is 0.497 e. The fourth-order valence-electron chi connectivity index (χ4n) is 3.62. The van der Waals surface area contributed by atoms with E-state index >= 15 is 0 Å². The number of aliphatic hydroxyl groups is 1. The molecule has 2 heterocycles. The van der Waals surface area contributed by atoms with Crippen LogP contribution in [-0.2, 0) is 12.8 Å². The van der Waals surface area contributed by atoms with Gasteiger partial charge in [-0.2, -0.15) is 0 Å². The molecule has 0 fully saturated rings. The van der Waals surface area contributed by atoms with Crippen LogP contribution in [0.2, 0.25) is 0 Å². The fourth-order valence-corrected chi connectivity index (χ4v) is 5.92. The van der Waals surface area contributed by atoms with Crippen LogP contribution >= 0.6 is 23.1 Å². The molecule has 0 amide bonds. The number of nitrogens with zero attached hydrogens (tertiary/aromatic N) is 2. The van der Waals surface area contributed by atoms with Crippen LogP contribution in [0.25, 0.3) is 15.9 Å². The van der Waals surface area contributed by atoms with Crippen molar-refractivity contribution in [3.8, 4) is 11.4 Å². The molecule has 0 saturated heterocycles. The molecule has 4 rings (SSSR count). The predicted molar refractivity (Wildman–Crippen MR) is 115 cm³/mol. The van der Waals surface area contributed by atoms with E-state index in [2.05, 4.69) is 6.92 Å². The van der Waals surface area contributed by atoms with Gasteiger partial charge in [-0.3, -0.25) is 9.36 Å². The second-order valence-electron chi connectivity index (χ2n) is 7.42. The van der Waals surface area contributed by atoms with E-state index in [0.717, 1.165) is 40.9 Å². The first-order valence-electron chi connectivity index (χ1n) is 9.50. The molecule has 0 saturated carbocycles. The van der Waals surface area contributed by atoms with Gasteiger partial charge >= 0.3 is 0 Å². The summed E-state index contributed by atoms with van der Waals surface area (Å²) < 4.78 is 6.93. The molecular formula is C21H24N2O3S2. The highest BCUT2D eigenvalue weighted by atomic mass is 32.2. The van der Waals surface area contributed by atoms with Gasteiger partial charge in [-0.05, 0) is 61.9 Å². The number of ether oxygens (including phenoxy) is 1. The lowest BCUT2D eigenvalue weighted by molar-refractivity contribution is 0.220. The van der Waals surface area contributed by atoms with Crippen molar-refractivity contribution in [2.45, 2.75) is 44.4 Å². The van der Waals surface area contributed by atoms with Crippen molar-refractivity contribution in [3.05, 3.63) is 45.1 Å². The Morgan fingerprint density at radius 3 is 2.82 bits per heavy atom. The van der Waals surface area contributed by atoms with Crippen LogP contribution in [0.15, 0.2) is 34.2 Å². The van der Waals surface area contributed by atoms with Crippen molar-refractivity contribution in [3.63, 3.8) is 0 Å². The lowest BCUT2D eigenvalue weighted by Gasteiger charge is -2.18. The minimum atomic E-state index is -0.473. The van der Waals surface area contributed by atoms with E-state index in [1.165, 1.54) is 22.2 Å². The molecule has 1 aliphatic carbocycles. The van der Waals surface area contributed by atoms with Crippen molar-refractivity contribution in [2.75, 3.05) is 12.9 Å². The van der Waals surface area contributed by atoms with Gasteiger partial charge in [0, 0.05) is 10.6 Å². The summed E-state index contributed by atoms with van der Waals surface area (Å²) >= 11 is 3.07. The first-order valence-corrected chi connectivity index (χ1v) is 11.3. The van der Waals surface area contributed by atoms with Gasteiger partial charge in [0.15, 0.2) is 5.16 Å². The zero-order valence-electron chi connectivity index (χ0n) is 16.3. The van der Waals surface area contributed by atoms with Crippen LogP contribution < -0.4 is 10.3 Å². The third-order valence-corrected chi connectivity index (χ3v) is 7.41. The van der Waals surface area contributed by atoms with Gasteiger partial charge in [-0.1, -0.05) is 18.7 Å². The molecule has 2 atom stereocenters. The third kappa shape index (κ3) is 3.58. The summed E-state index contributed by atoms with van der Waals surface area (Å²) in [4.78, 5) is 20.6. The highest BCUT2D eigenvalue weighted by Crippen LogP contribution is 2.37. The Hall–Kier alpha value is -1.83. The highest BCUT2D eigenvalue weighted by Gasteiger charge is 2.25. The number of thioether (sulfide) groups is 1. The molecule has 1 N–H and O–H groups in total. The molecule has 0 radical (unpaired) electrons. The number of fused-ring (bicyclic) bond motifs is 3. The van der Waals surface area contributed by atoms with Gasteiger partial charge in [0.25, 0.3) is 5.56 Å². The van der Waals surface area contributed by atoms with Gasteiger partial charge < -0.3 is 9.84 Å². The molecule has 28 heavy (non-hydrogen) atoms. The predicted octanol–water partition coefficient (Wildman–Crippen LogP) is 4.05. The van der Waals surface area contributed by atoms with Crippen LogP contribution in [0.4, 0.5) is 0 Å². The first kappa shape index (κ1) is 19.5. The second kappa shape index (κ2) is 7.89. The Morgan fingerprint density at radius 1 is 1.39 bits per heavy atom. The van der Waals surface area contributed by atoms with E-state index in [4.69, 9.17) is 9.72 Å². The zero-order valence-corrected chi connectivity index (χ0v) is 17.9. The number of benzene rings is 1. The summed E-state index contributed by atoms with van der Waals surface area (Å²) in [6.07, 6.45) is 2.60. The van der Waals surface area contributed by atoms with Crippen LogP contribution in [0.5, 0.6) is 5.75 Å². The maximum atomic E-state index is 13.6. The Morgan fingerprint density at radius 2 is 2.14 bits per heavy atom. The number of methoxy groups -OCH3 is 1. The van der Waals surface area contributed by atoms with E-state index in [0.29, 0.717) is 16.8 Å². The number of thiophene rings is 1. The van der Waals surface area contributed by atoms with Crippen LogP contribution in [0.3, 0.4) is 0 Å². The summed E-state index contributed by atoms with van der Waals surface area (Å²) in [6, 6.07) is 7.45. The number of aryl methyl sites for hydroxylation is 1. The number of aliphatic hydroxyl groups excluding tert-OH is 1. The van der Waals surface area contributed by atoms with Gasteiger partial charge in [-0.15, -0.1) is 11.3 Å². The first-order chi connectivity index (χ1) is 13.5. The average Bonchev–Trinajstić information content (AvgIpc) is 3.04. The van der Waals surface area contributed by atoms with E-state index in [1.54, 1.807) is 29.9 Å². The van der Waals surface area contributed by atoms with E-state index < -0.39 is 6.10 Å². The highest BCUT2D eigenvalue weighted by molar-refractivity contribution is 7.99. The second-order valence-corrected chi connectivity index (χ2v) is 9.50. The number of rotatable bonds is 5. The Kier molecular flexibility index (Phi) is 5.49. The molecule has 2 aromatic heterocycles. The Balaban J connectivity index is 1.92. The van der Waals surface area contributed by atoms with Crippen LogP contribution in [0, 0.1) is 5.92 Å². The average molecular weight is 417 g/mol. The minimum absolute atomic E-state index is 0.0182. The van der Waals surface area contributed by atoms with Gasteiger partial charge in [0.2, 0.25) is 0 Å². The minimum Gasteiger partial charge on any atom is -0.497 e. The molecule has 0 spiro atoms. The summed E-state index contributed by atoms with van der Waals surface area (Å²) in [5, 5.41) is 11.1. The molecule has 1 aliphatic rings. The van der Waals surface area contributed by atoms with Crippen molar-refractivity contribution in [2.24, 2.45) is 5.92 Å². The van der Waals surface area contributed by atoms with E-state index in [-0.39, 0.29) is 5.56 Å². The monoisotopic (exact) mass is 416 g/mol. The molecular weight excluding hydrogens is 392 g/mol. The Labute approximate surface area is 172 Å². The summed E-state index contributed by atoms with van der Waals surface area (Å²) in [5.74, 6) is 1.87. The maximum Gasteiger partial charge on any atom is 0.267 e. The Bertz CT molecular complexity index is 1050. The summed E-state index contributed by atoms with van der Waals surface area (Å²) in [7, 11) is 1.62. The molecule has 0 unspecified atom stereocenters. The summed E-state index contributed by atoms with van der Waals surface area (Å²) in [6.45, 7) is 4.01. The molecule has 0 aliphatic heterocycles. The molecule has 7 heteroatoms.